The summed E-state index contributed by atoms with van der Waals surface area (Å²) in [7, 11) is 0. The Hall–Kier alpha value is -3.15. The Kier molecular flexibility index (Phi) is 9.06. The number of rotatable bonds is 11. The summed E-state index contributed by atoms with van der Waals surface area (Å²) in [5.74, 6) is -0.131. The Morgan fingerprint density at radius 2 is 1.67 bits per heavy atom. The number of Topliss-reactive ketones (excluding diaryl/α,β-unsaturated/α-hetero) is 1. The van der Waals surface area contributed by atoms with Crippen LogP contribution in [0.15, 0.2) is 48.5 Å². The van der Waals surface area contributed by atoms with Gasteiger partial charge in [-0.1, -0.05) is 36.8 Å². The molecule has 0 fully saturated rings. The van der Waals surface area contributed by atoms with Gasteiger partial charge in [-0.15, -0.1) is 0 Å². The molecule has 0 aromatic heterocycles. The van der Waals surface area contributed by atoms with Gasteiger partial charge in [0.15, 0.2) is 12.4 Å². The molecule has 2 aromatic rings. The van der Waals surface area contributed by atoms with Crippen molar-refractivity contribution < 1.29 is 23.9 Å². The summed E-state index contributed by atoms with van der Waals surface area (Å²) in [6, 6.07) is 14.7. The van der Waals surface area contributed by atoms with Crippen LogP contribution in [0.25, 0.3) is 0 Å². The summed E-state index contributed by atoms with van der Waals surface area (Å²) in [6.45, 7) is 5.55. The van der Waals surface area contributed by atoms with Gasteiger partial charge in [-0.05, 0) is 56.5 Å². The number of esters is 1. The van der Waals surface area contributed by atoms with Gasteiger partial charge in [0.05, 0.1) is 12.6 Å². The molecule has 0 aliphatic rings. The highest BCUT2D eigenvalue weighted by atomic mass is 16.5. The van der Waals surface area contributed by atoms with Gasteiger partial charge >= 0.3 is 5.97 Å². The summed E-state index contributed by atoms with van der Waals surface area (Å²) >= 11 is 0. The van der Waals surface area contributed by atoms with E-state index in [1.54, 1.807) is 24.3 Å². The van der Waals surface area contributed by atoms with Crippen molar-refractivity contribution in [3.8, 4) is 5.75 Å². The standard InChI is InChI=1S/C24H29NO5/c1-4-22(20-9-7-17(2)8-10-20)25-23(27)16-30-24(28)6-5-15-29-21-13-11-19(12-14-21)18(3)26/h7-14,22H,4-6,15-16H2,1-3H3,(H,25,27)/t22-/m1/s1. The van der Waals surface area contributed by atoms with Gasteiger partial charge in [-0.3, -0.25) is 14.4 Å². The fraction of sp³-hybridized carbons (Fsp3) is 0.375. The Bertz CT molecular complexity index is 843. The van der Waals surface area contributed by atoms with Crippen LogP contribution in [-0.4, -0.2) is 30.9 Å². The Morgan fingerprint density at radius 3 is 2.27 bits per heavy atom. The van der Waals surface area contributed by atoms with Crippen molar-refractivity contribution in [1.29, 1.82) is 0 Å². The molecule has 0 spiro atoms. The minimum atomic E-state index is -0.441. The SMILES string of the molecule is CC[C@@H](NC(=O)COC(=O)CCCOc1ccc(C(C)=O)cc1)c1ccc(C)cc1. The first-order chi connectivity index (χ1) is 14.4. The van der Waals surface area contributed by atoms with Crippen LogP contribution in [0, 0.1) is 6.92 Å². The highest BCUT2D eigenvalue weighted by Gasteiger charge is 2.14. The van der Waals surface area contributed by atoms with Gasteiger partial charge in [0.1, 0.15) is 5.75 Å². The maximum Gasteiger partial charge on any atom is 0.306 e. The zero-order chi connectivity index (χ0) is 21.9. The Morgan fingerprint density at radius 1 is 1.00 bits per heavy atom. The predicted octanol–water partition coefficient (Wildman–Crippen LogP) is 4.17. The van der Waals surface area contributed by atoms with Crippen LogP contribution < -0.4 is 10.1 Å². The largest absolute Gasteiger partial charge is 0.494 e. The van der Waals surface area contributed by atoms with Gasteiger partial charge < -0.3 is 14.8 Å². The zero-order valence-corrected chi connectivity index (χ0v) is 17.8. The Balaban J connectivity index is 1.65. The van der Waals surface area contributed by atoms with Gasteiger partial charge in [0.25, 0.3) is 5.91 Å². The monoisotopic (exact) mass is 411 g/mol. The molecule has 0 aliphatic heterocycles. The summed E-state index contributed by atoms with van der Waals surface area (Å²) < 4.78 is 10.6. The van der Waals surface area contributed by atoms with Gasteiger partial charge in [-0.25, -0.2) is 0 Å². The summed E-state index contributed by atoms with van der Waals surface area (Å²) in [5.41, 5.74) is 2.80. The summed E-state index contributed by atoms with van der Waals surface area (Å²) in [4.78, 5) is 35.2. The number of carbonyl (C=O) groups excluding carboxylic acids is 3. The van der Waals surface area contributed by atoms with Crippen molar-refractivity contribution in [3.63, 3.8) is 0 Å². The van der Waals surface area contributed by atoms with Crippen molar-refractivity contribution >= 4 is 17.7 Å². The maximum absolute atomic E-state index is 12.1. The van der Waals surface area contributed by atoms with E-state index in [2.05, 4.69) is 5.32 Å². The molecule has 6 nitrogen and oxygen atoms in total. The number of ether oxygens (including phenoxy) is 2. The topological polar surface area (TPSA) is 81.7 Å². The fourth-order valence-electron chi connectivity index (χ4n) is 2.87. The van der Waals surface area contributed by atoms with E-state index in [1.807, 2.05) is 38.1 Å². The summed E-state index contributed by atoms with van der Waals surface area (Å²) in [5, 5.41) is 2.89. The molecule has 0 radical (unpaired) electrons. The molecule has 0 bridgehead atoms. The number of ketones is 1. The molecule has 2 aromatic carbocycles. The number of hydrogen-bond acceptors (Lipinski definition) is 5. The van der Waals surface area contributed by atoms with Crippen LogP contribution in [0.1, 0.15) is 60.6 Å². The lowest BCUT2D eigenvalue weighted by molar-refractivity contribution is -0.148. The molecule has 160 valence electrons. The van der Waals surface area contributed by atoms with Crippen LogP contribution in [-0.2, 0) is 14.3 Å². The molecular formula is C24H29NO5. The van der Waals surface area contributed by atoms with Crippen LogP contribution in [0.3, 0.4) is 0 Å². The third-order valence-electron chi connectivity index (χ3n) is 4.64. The molecule has 0 unspecified atom stereocenters. The van der Waals surface area contributed by atoms with E-state index >= 15 is 0 Å². The highest BCUT2D eigenvalue weighted by molar-refractivity contribution is 5.94. The van der Waals surface area contributed by atoms with E-state index in [0.717, 1.165) is 17.5 Å². The van der Waals surface area contributed by atoms with Gasteiger partial charge in [0, 0.05) is 12.0 Å². The lowest BCUT2D eigenvalue weighted by Gasteiger charge is -2.17. The van der Waals surface area contributed by atoms with E-state index in [1.165, 1.54) is 6.92 Å². The minimum absolute atomic E-state index is 0.00236. The van der Waals surface area contributed by atoms with Crippen molar-refractivity contribution in [2.75, 3.05) is 13.2 Å². The third-order valence-corrected chi connectivity index (χ3v) is 4.64. The molecule has 0 aliphatic carbocycles. The molecule has 1 N–H and O–H groups in total. The summed E-state index contributed by atoms with van der Waals surface area (Å²) in [6.07, 6.45) is 1.37. The molecule has 6 heteroatoms. The van der Waals surface area contributed by atoms with Crippen LogP contribution >= 0.6 is 0 Å². The number of aryl methyl sites for hydroxylation is 1. The first-order valence-corrected chi connectivity index (χ1v) is 10.1. The van der Waals surface area contributed by atoms with Crippen molar-refractivity contribution in [3.05, 3.63) is 65.2 Å². The molecule has 0 saturated heterocycles. The highest BCUT2D eigenvalue weighted by Crippen LogP contribution is 2.17. The van der Waals surface area contributed by atoms with Gasteiger partial charge in [0.2, 0.25) is 0 Å². The fourth-order valence-corrected chi connectivity index (χ4v) is 2.87. The van der Waals surface area contributed by atoms with Crippen LogP contribution in [0.4, 0.5) is 0 Å². The van der Waals surface area contributed by atoms with Gasteiger partial charge in [-0.2, -0.15) is 0 Å². The number of hydrogen-bond donors (Lipinski definition) is 1. The first kappa shape index (κ1) is 23.1. The van der Waals surface area contributed by atoms with Crippen molar-refractivity contribution in [2.24, 2.45) is 0 Å². The predicted molar refractivity (Wildman–Crippen MR) is 114 cm³/mol. The minimum Gasteiger partial charge on any atom is -0.494 e. The number of nitrogens with one attached hydrogen (secondary N) is 1. The third kappa shape index (κ3) is 7.70. The number of carbonyl (C=O) groups is 3. The second-order valence-electron chi connectivity index (χ2n) is 7.13. The molecule has 1 amide bonds. The number of amides is 1. The Labute approximate surface area is 177 Å². The molecule has 30 heavy (non-hydrogen) atoms. The quantitative estimate of drug-likeness (QED) is 0.341. The zero-order valence-electron chi connectivity index (χ0n) is 17.8. The van der Waals surface area contributed by atoms with E-state index in [4.69, 9.17) is 9.47 Å². The second-order valence-corrected chi connectivity index (χ2v) is 7.13. The molecule has 0 heterocycles. The second kappa shape index (κ2) is 11.8. The van der Waals surface area contributed by atoms with Crippen molar-refractivity contribution in [1.82, 2.24) is 5.32 Å². The normalized spacial score (nSPS) is 11.4. The molecular weight excluding hydrogens is 382 g/mol. The van der Waals surface area contributed by atoms with Crippen LogP contribution in [0.2, 0.25) is 0 Å². The maximum atomic E-state index is 12.1. The lowest BCUT2D eigenvalue weighted by Crippen LogP contribution is -2.32. The van der Waals surface area contributed by atoms with E-state index in [0.29, 0.717) is 24.3 Å². The van der Waals surface area contributed by atoms with E-state index in [9.17, 15) is 14.4 Å². The molecule has 0 saturated carbocycles. The van der Waals surface area contributed by atoms with E-state index in [-0.39, 0.29) is 30.8 Å². The van der Waals surface area contributed by atoms with Crippen LogP contribution in [0.5, 0.6) is 5.75 Å². The average Bonchev–Trinajstić information content (AvgIpc) is 2.74. The molecule has 1 atom stereocenters. The van der Waals surface area contributed by atoms with Crippen molar-refractivity contribution in [2.45, 2.75) is 46.1 Å². The smallest absolute Gasteiger partial charge is 0.306 e. The first-order valence-electron chi connectivity index (χ1n) is 10.1. The van der Waals surface area contributed by atoms with E-state index < -0.39 is 5.97 Å². The number of benzene rings is 2. The average molecular weight is 411 g/mol. The lowest BCUT2D eigenvalue weighted by atomic mass is 10.0. The molecule has 2 rings (SSSR count).